The van der Waals surface area contributed by atoms with Gasteiger partial charge in [0.1, 0.15) is 0 Å². The van der Waals surface area contributed by atoms with E-state index in [1.54, 1.807) is 0 Å². The van der Waals surface area contributed by atoms with Crippen LogP contribution in [0, 0.1) is 6.92 Å². The Labute approximate surface area is 83.0 Å². The van der Waals surface area contributed by atoms with Crippen LogP contribution < -0.4 is 0 Å². The molecule has 0 saturated carbocycles. The lowest BCUT2D eigenvalue weighted by Crippen LogP contribution is -1.88. The molecule has 0 aliphatic heterocycles. The predicted molar refractivity (Wildman–Crippen MR) is 60.0 cm³/mol. The topological polar surface area (TPSA) is 17.8 Å². The van der Waals surface area contributed by atoms with Crippen LogP contribution in [0.25, 0.3) is 0 Å². The molecule has 13 heavy (non-hydrogen) atoms. The molecule has 1 rings (SSSR count). The van der Waals surface area contributed by atoms with E-state index in [0.717, 1.165) is 6.42 Å². The highest BCUT2D eigenvalue weighted by Crippen LogP contribution is 2.03. The van der Waals surface area contributed by atoms with Gasteiger partial charge in [-0.05, 0) is 18.9 Å². The zero-order valence-corrected chi connectivity index (χ0v) is 10.2. The zero-order valence-electron chi connectivity index (χ0n) is 10.2. The van der Waals surface area contributed by atoms with Crippen molar-refractivity contribution in [1.82, 2.24) is 9.78 Å². The van der Waals surface area contributed by atoms with Crippen molar-refractivity contribution < 1.29 is 0 Å². The molecule has 0 saturated heterocycles. The van der Waals surface area contributed by atoms with Crippen LogP contribution in [0.2, 0.25) is 0 Å². The van der Waals surface area contributed by atoms with Gasteiger partial charge < -0.3 is 0 Å². The third-order valence-corrected chi connectivity index (χ3v) is 1.45. The molecule has 0 atom stereocenters. The van der Waals surface area contributed by atoms with Gasteiger partial charge in [0.05, 0.1) is 5.69 Å². The Balaban J connectivity index is 0. The third-order valence-electron chi connectivity index (χ3n) is 1.45. The largest absolute Gasteiger partial charge is 0.275 e. The Morgan fingerprint density at radius 2 is 1.69 bits per heavy atom. The smallest absolute Gasteiger partial charge is 0.0650 e. The molecule has 0 radical (unpaired) electrons. The summed E-state index contributed by atoms with van der Waals surface area (Å²) in [4.78, 5) is 0. The summed E-state index contributed by atoms with van der Waals surface area (Å²) in [6, 6.07) is 0. The molecule has 0 aliphatic rings. The third kappa shape index (κ3) is 5.45. The van der Waals surface area contributed by atoms with Crippen LogP contribution in [-0.4, -0.2) is 9.78 Å². The van der Waals surface area contributed by atoms with Crippen molar-refractivity contribution in [2.24, 2.45) is 7.05 Å². The lowest BCUT2D eigenvalue weighted by Gasteiger charge is -1.86. The predicted octanol–water partition coefficient (Wildman–Crippen LogP) is 3.34. The van der Waals surface area contributed by atoms with Gasteiger partial charge in [-0.15, -0.1) is 0 Å². The maximum Gasteiger partial charge on any atom is 0.0650 e. The van der Waals surface area contributed by atoms with Crippen molar-refractivity contribution >= 4 is 0 Å². The molecule has 0 aliphatic carbocycles. The normalized spacial score (nSPS) is 7.92. The molecule has 0 bridgehead atoms. The highest BCUT2D eigenvalue weighted by atomic mass is 15.2. The molecule has 2 nitrogen and oxygen atoms in total. The van der Waals surface area contributed by atoms with Crippen LogP contribution in [0.15, 0.2) is 6.20 Å². The van der Waals surface area contributed by atoms with E-state index in [9.17, 15) is 0 Å². The van der Waals surface area contributed by atoms with E-state index >= 15 is 0 Å². The van der Waals surface area contributed by atoms with Gasteiger partial charge in [0, 0.05) is 13.2 Å². The second-order valence-corrected chi connectivity index (χ2v) is 2.29. The first-order chi connectivity index (χ1) is 6.24. The maximum atomic E-state index is 4.25. The number of hydrogen-bond donors (Lipinski definition) is 0. The van der Waals surface area contributed by atoms with Crippen LogP contribution in [0.5, 0.6) is 0 Å². The summed E-state index contributed by atoms with van der Waals surface area (Å²) >= 11 is 0. The molecule has 1 aromatic heterocycles. The van der Waals surface area contributed by atoms with E-state index in [1.807, 2.05) is 45.6 Å². The summed E-state index contributed by atoms with van der Waals surface area (Å²) in [5, 5.41) is 4.25. The van der Waals surface area contributed by atoms with Crippen molar-refractivity contribution in [3.8, 4) is 0 Å². The van der Waals surface area contributed by atoms with Crippen LogP contribution in [0.3, 0.4) is 0 Å². The molecule has 0 N–H and O–H groups in total. The minimum atomic E-state index is 1.03. The highest BCUT2D eigenvalue weighted by molar-refractivity contribution is 5.13. The number of aryl methyl sites for hydroxylation is 3. The Hall–Kier alpha value is -0.790. The van der Waals surface area contributed by atoms with Gasteiger partial charge in [-0.3, -0.25) is 4.68 Å². The zero-order chi connectivity index (χ0) is 10.9. The minimum absolute atomic E-state index is 1.03. The molecule has 1 heterocycles. The second-order valence-electron chi connectivity index (χ2n) is 2.29. The van der Waals surface area contributed by atoms with Gasteiger partial charge in [0.2, 0.25) is 0 Å². The Morgan fingerprint density at radius 1 is 1.23 bits per heavy atom. The quantitative estimate of drug-likeness (QED) is 0.654. The highest BCUT2D eigenvalue weighted by Gasteiger charge is 1.97. The average molecular weight is 184 g/mol. The van der Waals surface area contributed by atoms with Crippen molar-refractivity contribution in [2.45, 2.75) is 48.0 Å². The van der Waals surface area contributed by atoms with E-state index in [-0.39, 0.29) is 0 Å². The average Bonchev–Trinajstić information content (AvgIpc) is 2.51. The van der Waals surface area contributed by atoms with E-state index < -0.39 is 0 Å². The van der Waals surface area contributed by atoms with Gasteiger partial charge in [0.25, 0.3) is 0 Å². The fourth-order valence-electron chi connectivity index (χ4n) is 1.00. The monoisotopic (exact) mass is 184 g/mol. The Bertz CT molecular complexity index is 202. The first kappa shape index (κ1) is 14.7. The van der Waals surface area contributed by atoms with E-state index in [0.29, 0.717) is 0 Å². The van der Waals surface area contributed by atoms with Crippen LogP contribution in [0.4, 0.5) is 0 Å². The molecule has 0 aromatic carbocycles. The van der Waals surface area contributed by atoms with E-state index in [2.05, 4.69) is 18.9 Å². The SMILES string of the molecule is CC.CC.CCc1nn(C)cc1C. The van der Waals surface area contributed by atoms with Crippen molar-refractivity contribution in [1.29, 1.82) is 0 Å². The molecular formula is C11H24N2. The number of hydrogen-bond acceptors (Lipinski definition) is 1. The molecule has 0 amide bonds. The minimum Gasteiger partial charge on any atom is -0.275 e. The van der Waals surface area contributed by atoms with Crippen LogP contribution in [0.1, 0.15) is 45.9 Å². The molecule has 78 valence electrons. The van der Waals surface area contributed by atoms with Crippen LogP contribution in [-0.2, 0) is 13.5 Å². The first-order valence-electron chi connectivity index (χ1n) is 5.23. The first-order valence-corrected chi connectivity index (χ1v) is 5.23. The standard InChI is InChI=1S/C7H12N2.2C2H6/c1-4-7-6(2)5-9(3)8-7;2*1-2/h5H,4H2,1-3H3;2*1-2H3. The lowest BCUT2D eigenvalue weighted by molar-refractivity contribution is 0.746. The fraction of sp³-hybridized carbons (Fsp3) is 0.727. The summed E-state index contributed by atoms with van der Waals surface area (Å²) in [5.41, 5.74) is 2.50. The van der Waals surface area contributed by atoms with Crippen molar-refractivity contribution in [3.05, 3.63) is 17.5 Å². The van der Waals surface area contributed by atoms with Crippen molar-refractivity contribution in [2.75, 3.05) is 0 Å². The lowest BCUT2D eigenvalue weighted by atomic mass is 10.2. The molecule has 1 aromatic rings. The van der Waals surface area contributed by atoms with Gasteiger partial charge in [-0.1, -0.05) is 34.6 Å². The Kier molecular flexibility index (Phi) is 10.5. The van der Waals surface area contributed by atoms with E-state index in [4.69, 9.17) is 0 Å². The summed E-state index contributed by atoms with van der Waals surface area (Å²) in [5.74, 6) is 0. The van der Waals surface area contributed by atoms with Gasteiger partial charge >= 0.3 is 0 Å². The summed E-state index contributed by atoms with van der Waals surface area (Å²) in [6.45, 7) is 12.2. The van der Waals surface area contributed by atoms with Crippen LogP contribution >= 0.6 is 0 Å². The fourth-order valence-corrected chi connectivity index (χ4v) is 1.00. The molecule has 0 spiro atoms. The van der Waals surface area contributed by atoms with Gasteiger partial charge in [-0.2, -0.15) is 5.10 Å². The molecule has 2 heteroatoms. The molecule has 0 fully saturated rings. The summed E-state index contributed by atoms with van der Waals surface area (Å²) in [7, 11) is 1.95. The maximum absolute atomic E-state index is 4.25. The van der Waals surface area contributed by atoms with Gasteiger partial charge in [0.15, 0.2) is 0 Å². The van der Waals surface area contributed by atoms with E-state index in [1.165, 1.54) is 11.3 Å². The van der Waals surface area contributed by atoms with Crippen molar-refractivity contribution in [3.63, 3.8) is 0 Å². The molecule has 0 unspecified atom stereocenters. The number of nitrogens with zero attached hydrogens (tertiary/aromatic N) is 2. The van der Waals surface area contributed by atoms with Gasteiger partial charge in [-0.25, -0.2) is 0 Å². The number of aromatic nitrogens is 2. The Morgan fingerprint density at radius 3 is 1.85 bits per heavy atom. The summed E-state index contributed by atoms with van der Waals surface area (Å²) < 4.78 is 1.86. The summed E-state index contributed by atoms with van der Waals surface area (Å²) in [6.07, 6.45) is 3.07. The second kappa shape index (κ2) is 9.30. The molecular weight excluding hydrogens is 160 g/mol. The number of rotatable bonds is 1.